The predicted octanol–water partition coefficient (Wildman–Crippen LogP) is 0.326. The average Bonchev–Trinajstić information content (AvgIpc) is 2.89. The molecule has 6 nitrogen and oxygen atoms in total. The fourth-order valence-corrected chi connectivity index (χ4v) is 2.78. The van der Waals surface area contributed by atoms with Gasteiger partial charge in [0.15, 0.2) is 0 Å². The van der Waals surface area contributed by atoms with Crippen molar-refractivity contribution in [2.24, 2.45) is 5.73 Å². The summed E-state index contributed by atoms with van der Waals surface area (Å²) in [6.45, 7) is 6.34. The number of hydrogen-bond acceptors (Lipinski definition) is 4. The van der Waals surface area contributed by atoms with E-state index in [-0.39, 0.29) is 11.9 Å². The summed E-state index contributed by atoms with van der Waals surface area (Å²) in [6.07, 6.45) is 4.09. The second kappa shape index (κ2) is 5.83. The zero-order valence-electron chi connectivity index (χ0n) is 12.3. The summed E-state index contributed by atoms with van der Waals surface area (Å²) in [5.41, 5.74) is 7.42. The molecule has 1 aliphatic rings. The van der Waals surface area contributed by atoms with Crippen molar-refractivity contribution in [3.8, 4) is 0 Å². The van der Waals surface area contributed by atoms with Gasteiger partial charge in [0.25, 0.3) is 0 Å². The van der Waals surface area contributed by atoms with Crippen molar-refractivity contribution in [3.63, 3.8) is 0 Å². The Labute approximate surface area is 124 Å². The van der Waals surface area contributed by atoms with Crippen LogP contribution in [0.25, 0.3) is 5.65 Å². The minimum Gasteiger partial charge on any atom is -0.368 e. The number of pyridine rings is 1. The first kappa shape index (κ1) is 14.0. The second-order valence-corrected chi connectivity index (χ2v) is 5.59. The fourth-order valence-electron chi connectivity index (χ4n) is 2.78. The number of hydrogen-bond donors (Lipinski definition) is 1. The van der Waals surface area contributed by atoms with Crippen LogP contribution < -0.4 is 5.73 Å². The smallest absolute Gasteiger partial charge is 0.234 e. The van der Waals surface area contributed by atoms with E-state index in [1.165, 1.54) is 0 Å². The van der Waals surface area contributed by atoms with Gasteiger partial charge in [-0.3, -0.25) is 14.6 Å². The first-order valence-electron chi connectivity index (χ1n) is 7.32. The van der Waals surface area contributed by atoms with Crippen molar-refractivity contribution < 1.29 is 4.79 Å². The van der Waals surface area contributed by atoms with Gasteiger partial charge in [0.1, 0.15) is 5.65 Å². The number of amides is 1. The normalized spacial score (nSPS) is 18.9. The van der Waals surface area contributed by atoms with Crippen molar-refractivity contribution in [1.82, 2.24) is 19.2 Å². The molecule has 0 spiro atoms. The molecule has 1 amide bonds. The van der Waals surface area contributed by atoms with E-state index in [1.807, 2.05) is 35.7 Å². The van der Waals surface area contributed by atoms with Gasteiger partial charge in [0.05, 0.1) is 11.7 Å². The third-order valence-electron chi connectivity index (χ3n) is 4.17. The highest BCUT2D eigenvalue weighted by Gasteiger charge is 2.24. The summed E-state index contributed by atoms with van der Waals surface area (Å²) >= 11 is 0. The Balaban J connectivity index is 1.59. The topological polar surface area (TPSA) is 66.9 Å². The minimum atomic E-state index is -0.246. The summed E-state index contributed by atoms with van der Waals surface area (Å²) < 4.78 is 2.04. The molecule has 0 radical (unpaired) electrons. The Morgan fingerprint density at radius 1 is 1.33 bits per heavy atom. The highest BCUT2D eigenvalue weighted by molar-refractivity contribution is 5.79. The van der Waals surface area contributed by atoms with E-state index in [4.69, 9.17) is 5.73 Å². The molecule has 1 saturated heterocycles. The summed E-state index contributed by atoms with van der Waals surface area (Å²) in [6, 6.07) is 5.83. The van der Waals surface area contributed by atoms with Crippen molar-refractivity contribution in [1.29, 1.82) is 0 Å². The predicted molar refractivity (Wildman–Crippen MR) is 80.7 cm³/mol. The molecular weight excluding hydrogens is 266 g/mol. The molecule has 2 N–H and O–H groups in total. The number of imidazole rings is 1. The molecule has 0 aromatic carbocycles. The van der Waals surface area contributed by atoms with Crippen molar-refractivity contribution in [2.45, 2.75) is 19.5 Å². The lowest BCUT2D eigenvalue weighted by Gasteiger charge is -2.36. The Hall–Kier alpha value is -1.92. The fraction of sp³-hybridized carbons (Fsp3) is 0.467. The maximum Gasteiger partial charge on any atom is 0.234 e. The molecule has 0 aliphatic carbocycles. The molecule has 1 atom stereocenters. The molecule has 1 fully saturated rings. The molecule has 0 unspecified atom stereocenters. The number of nitrogens with zero attached hydrogens (tertiary/aromatic N) is 4. The Bertz CT molecular complexity index is 597. The van der Waals surface area contributed by atoms with E-state index >= 15 is 0 Å². The van der Waals surface area contributed by atoms with E-state index in [0.29, 0.717) is 0 Å². The summed E-state index contributed by atoms with van der Waals surface area (Å²) in [5, 5.41) is 0. The number of fused-ring (bicyclic) bond motifs is 1. The molecule has 3 heterocycles. The van der Waals surface area contributed by atoms with Gasteiger partial charge in [-0.15, -0.1) is 0 Å². The molecule has 3 rings (SSSR count). The third-order valence-corrected chi connectivity index (χ3v) is 4.17. The van der Waals surface area contributed by atoms with Crippen LogP contribution in [0.3, 0.4) is 0 Å². The van der Waals surface area contributed by atoms with Crippen LogP contribution in [0, 0.1) is 0 Å². The van der Waals surface area contributed by atoms with Crippen molar-refractivity contribution >= 4 is 11.6 Å². The van der Waals surface area contributed by atoms with Crippen LogP contribution in [0.2, 0.25) is 0 Å². The van der Waals surface area contributed by atoms with Gasteiger partial charge in [0, 0.05) is 45.1 Å². The largest absolute Gasteiger partial charge is 0.368 e. The highest BCUT2D eigenvalue weighted by atomic mass is 16.1. The monoisotopic (exact) mass is 287 g/mol. The molecule has 0 bridgehead atoms. The number of rotatable bonds is 4. The van der Waals surface area contributed by atoms with Gasteiger partial charge in [-0.25, -0.2) is 4.98 Å². The summed E-state index contributed by atoms with van der Waals surface area (Å²) in [5.74, 6) is -0.246. The number of carbonyl (C=O) groups is 1. The van der Waals surface area contributed by atoms with Gasteiger partial charge in [-0.2, -0.15) is 0 Å². The van der Waals surface area contributed by atoms with Gasteiger partial charge in [-0.05, 0) is 19.1 Å². The number of nitrogens with two attached hydrogens (primary N) is 1. The molecule has 2 aromatic rings. The van der Waals surface area contributed by atoms with Gasteiger partial charge in [0.2, 0.25) is 5.91 Å². The zero-order valence-corrected chi connectivity index (χ0v) is 12.3. The van der Waals surface area contributed by atoms with Crippen LogP contribution in [0.4, 0.5) is 0 Å². The van der Waals surface area contributed by atoms with E-state index in [9.17, 15) is 4.79 Å². The van der Waals surface area contributed by atoms with Gasteiger partial charge >= 0.3 is 0 Å². The number of piperazine rings is 1. The van der Waals surface area contributed by atoms with Crippen LogP contribution in [-0.2, 0) is 11.3 Å². The van der Waals surface area contributed by atoms with Crippen LogP contribution >= 0.6 is 0 Å². The second-order valence-electron chi connectivity index (χ2n) is 5.59. The third kappa shape index (κ3) is 3.06. The van der Waals surface area contributed by atoms with Crippen molar-refractivity contribution in [3.05, 3.63) is 36.3 Å². The van der Waals surface area contributed by atoms with Crippen LogP contribution in [0.1, 0.15) is 12.6 Å². The molecule has 6 heteroatoms. The summed E-state index contributed by atoms with van der Waals surface area (Å²) in [7, 11) is 0. The quantitative estimate of drug-likeness (QED) is 0.880. The van der Waals surface area contributed by atoms with Gasteiger partial charge < -0.3 is 10.1 Å². The first-order chi connectivity index (χ1) is 10.1. The van der Waals surface area contributed by atoms with Crippen LogP contribution in [-0.4, -0.2) is 57.3 Å². The van der Waals surface area contributed by atoms with E-state index in [2.05, 4.69) is 21.0 Å². The Morgan fingerprint density at radius 3 is 2.76 bits per heavy atom. The average molecular weight is 287 g/mol. The molecule has 0 saturated carbocycles. The lowest BCUT2D eigenvalue weighted by molar-refractivity contribution is -0.123. The highest BCUT2D eigenvalue weighted by Crippen LogP contribution is 2.11. The van der Waals surface area contributed by atoms with E-state index in [1.54, 1.807) is 0 Å². The molecule has 2 aromatic heterocycles. The van der Waals surface area contributed by atoms with Crippen LogP contribution in [0.15, 0.2) is 30.6 Å². The number of primary amides is 1. The number of aromatic nitrogens is 2. The van der Waals surface area contributed by atoms with Crippen LogP contribution in [0.5, 0.6) is 0 Å². The minimum absolute atomic E-state index is 0.178. The molecule has 112 valence electrons. The lowest BCUT2D eigenvalue weighted by atomic mass is 10.2. The maximum atomic E-state index is 11.2. The Kier molecular flexibility index (Phi) is 3.90. The molecular formula is C15H21N5O. The number of carbonyl (C=O) groups excluding carboxylic acids is 1. The van der Waals surface area contributed by atoms with Gasteiger partial charge in [-0.1, -0.05) is 6.07 Å². The summed E-state index contributed by atoms with van der Waals surface area (Å²) in [4.78, 5) is 20.4. The van der Waals surface area contributed by atoms with Crippen molar-refractivity contribution in [2.75, 3.05) is 26.2 Å². The molecule has 21 heavy (non-hydrogen) atoms. The van der Waals surface area contributed by atoms with E-state index < -0.39 is 0 Å². The standard InChI is InChI=1S/C15H21N5O/c1-12(15(16)21)19-8-6-18(7-9-19)10-13-11-20-5-3-2-4-14(20)17-13/h2-5,11-12H,6-10H2,1H3,(H2,16,21)/t12-/m0/s1. The zero-order chi connectivity index (χ0) is 14.8. The van der Waals surface area contributed by atoms with E-state index in [0.717, 1.165) is 44.1 Å². The Morgan fingerprint density at radius 2 is 2.10 bits per heavy atom. The molecule has 1 aliphatic heterocycles. The first-order valence-corrected chi connectivity index (χ1v) is 7.32. The SMILES string of the molecule is C[C@@H](C(N)=O)N1CCN(Cc2cn3ccccc3n2)CC1. The maximum absolute atomic E-state index is 11.2. The lowest BCUT2D eigenvalue weighted by Crippen LogP contribution is -2.52.